The Labute approximate surface area is 141 Å². The number of rotatable bonds is 4. The summed E-state index contributed by atoms with van der Waals surface area (Å²) in [5.41, 5.74) is 0.840. The van der Waals surface area contributed by atoms with Gasteiger partial charge in [0.25, 0.3) is 0 Å². The van der Waals surface area contributed by atoms with Crippen molar-refractivity contribution in [3.05, 3.63) is 56.0 Å². The normalized spacial score (nSPS) is 10.5. The molecule has 22 heavy (non-hydrogen) atoms. The van der Waals surface area contributed by atoms with Crippen LogP contribution < -0.4 is 4.74 Å². The number of carbonyl (C=O) groups is 1. The molecule has 0 saturated heterocycles. The monoisotopic (exact) mass is 360 g/mol. The maximum absolute atomic E-state index is 11.1. The Morgan fingerprint density at radius 1 is 1.09 bits per heavy atom. The van der Waals surface area contributed by atoms with Gasteiger partial charge in [-0.05, 0) is 30.7 Å². The van der Waals surface area contributed by atoms with Gasteiger partial charge in [0.1, 0.15) is 23.7 Å². The second kappa shape index (κ2) is 6.65. The minimum atomic E-state index is -1.21. The van der Waals surface area contributed by atoms with E-state index in [1.807, 2.05) is 0 Å². The molecule has 4 nitrogen and oxygen atoms in total. The molecule has 0 bridgehead atoms. The molecule has 0 spiro atoms. The van der Waals surface area contributed by atoms with Crippen molar-refractivity contribution in [3.8, 4) is 11.5 Å². The number of aromatic carboxylic acids is 1. The van der Waals surface area contributed by atoms with E-state index in [-0.39, 0.29) is 33.7 Å². The quantitative estimate of drug-likeness (QED) is 0.757. The summed E-state index contributed by atoms with van der Waals surface area (Å²) in [5, 5.41) is 19.9. The summed E-state index contributed by atoms with van der Waals surface area (Å²) in [7, 11) is 0. The molecule has 0 saturated carbocycles. The standard InChI is InChI=1S/C15H11Cl3O4/c1-7-2-8(14(19)9(3-7)15(20)21)6-22-13-5-11(17)10(16)4-12(13)18/h2-5,19H,6H2,1H3,(H,20,21). The van der Waals surface area contributed by atoms with E-state index < -0.39 is 5.97 Å². The number of aromatic hydroxyl groups is 1. The van der Waals surface area contributed by atoms with Crippen LogP contribution in [0.3, 0.4) is 0 Å². The predicted molar refractivity (Wildman–Crippen MR) is 85.6 cm³/mol. The zero-order chi connectivity index (χ0) is 16.4. The van der Waals surface area contributed by atoms with Crippen molar-refractivity contribution in [1.29, 1.82) is 0 Å². The molecule has 0 amide bonds. The summed E-state index contributed by atoms with van der Waals surface area (Å²) < 4.78 is 5.50. The third-order valence-electron chi connectivity index (χ3n) is 2.92. The van der Waals surface area contributed by atoms with Gasteiger partial charge in [0.2, 0.25) is 0 Å². The predicted octanol–water partition coefficient (Wildman–Crippen LogP) is 4.94. The first-order valence-electron chi connectivity index (χ1n) is 6.12. The van der Waals surface area contributed by atoms with Gasteiger partial charge in [0, 0.05) is 11.6 Å². The van der Waals surface area contributed by atoms with Gasteiger partial charge < -0.3 is 14.9 Å². The minimum absolute atomic E-state index is 0.0640. The van der Waals surface area contributed by atoms with Crippen LogP contribution in [0.1, 0.15) is 21.5 Å². The van der Waals surface area contributed by atoms with Crippen LogP contribution in [0.15, 0.2) is 24.3 Å². The van der Waals surface area contributed by atoms with Gasteiger partial charge in [-0.2, -0.15) is 0 Å². The fourth-order valence-corrected chi connectivity index (χ4v) is 2.49. The molecule has 2 aromatic rings. The van der Waals surface area contributed by atoms with E-state index in [1.54, 1.807) is 13.0 Å². The summed E-state index contributed by atoms with van der Waals surface area (Å²) >= 11 is 17.7. The zero-order valence-corrected chi connectivity index (χ0v) is 13.6. The molecule has 0 aliphatic rings. The number of halogens is 3. The Hall–Kier alpha value is -1.62. The van der Waals surface area contributed by atoms with E-state index in [1.165, 1.54) is 18.2 Å². The highest BCUT2D eigenvalue weighted by Crippen LogP contribution is 2.35. The van der Waals surface area contributed by atoms with Crippen molar-refractivity contribution in [1.82, 2.24) is 0 Å². The van der Waals surface area contributed by atoms with Crippen molar-refractivity contribution in [2.24, 2.45) is 0 Å². The third-order valence-corrected chi connectivity index (χ3v) is 3.94. The Morgan fingerprint density at radius 2 is 1.73 bits per heavy atom. The summed E-state index contributed by atoms with van der Waals surface area (Å²) in [6, 6.07) is 5.91. The van der Waals surface area contributed by atoms with E-state index >= 15 is 0 Å². The topological polar surface area (TPSA) is 66.8 Å². The molecule has 7 heteroatoms. The number of carboxylic acid groups (broad SMARTS) is 1. The summed E-state index contributed by atoms with van der Waals surface area (Å²) in [4.78, 5) is 11.1. The van der Waals surface area contributed by atoms with Crippen LogP contribution in [0.5, 0.6) is 11.5 Å². The van der Waals surface area contributed by atoms with Gasteiger partial charge in [0.05, 0.1) is 15.1 Å². The highest BCUT2D eigenvalue weighted by atomic mass is 35.5. The second-order valence-electron chi connectivity index (χ2n) is 4.61. The number of ether oxygens (including phenoxy) is 1. The van der Waals surface area contributed by atoms with Crippen LogP contribution >= 0.6 is 34.8 Å². The third kappa shape index (κ3) is 3.58. The molecule has 116 valence electrons. The molecule has 0 aromatic heterocycles. The molecule has 0 heterocycles. The summed E-state index contributed by atoms with van der Waals surface area (Å²) in [6.07, 6.45) is 0. The number of hydrogen-bond acceptors (Lipinski definition) is 3. The lowest BCUT2D eigenvalue weighted by Gasteiger charge is -2.12. The zero-order valence-electron chi connectivity index (χ0n) is 11.4. The Morgan fingerprint density at radius 3 is 2.36 bits per heavy atom. The van der Waals surface area contributed by atoms with Crippen LogP contribution in [-0.4, -0.2) is 16.2 Å². The summed E-state index contributed by atoms with van der Waals surface area (Å²) in [6.45, 7) is 1.66. The lowest BCUT2D eigenvalue weighted by atomic mass is 10.1. The number of phenols is 1. The second-order valence-corrected chi connectivity index (χ2v) is 5.83. The average molecular weight is 362 g/mol. The largest absolute Gasteiger partial charge is 0.507 e. The molecular formula is C15H11Cl3O4. The molecule has 0 aliphatic heterocycles. The maximum atomic E-state index is 11.1. The first-order chi connectivity index (χ1) is 10.3. The molecule has 0 atom stereocenters. The van der Waals surface area contributed by atoms with Crippen molar-refractivity contribution < 1.29 is 19.7 Å². The molecule has 0 fully saturated rings. The average Bonchev–Trinajstić information content (AvgIpc) is 2.44. The minimum Gasteiger partial charge on any atom is -0.507 e. The van der Waals surface area contributed by atoms with Crippen LogP contribution in [0.2, 0.25) is 15.1 Å². The van der Waals surface area contributed by atoms with E-state index in [4.69, 9.17) is 44.6 Å². The van der Waals surface area contributed by atoms with Crippen molar-refractivity contribution >= 4 is 40.8 Å². The van der Waals surface area contributed by atoms with E-state index in [0.717, 1.165) is 0 Å². The lowest BCUT2D eigenvalue weighted by Crippen LogP contribution is -2.03. The lowest BCUT2D eigenvalue weighted by molar-refractivity contribution is 0.0693. The van der Waals surface area contributed by atoms with Crippen LogP contribution in [0.4, 0.5) is 0 Å². The van der Waals surface area contributed by atoms with E-state index in [0.29, 0.717) is 16.1 Å². The molecule has 0 aliphatic carbocycles. The molecule has 0 unspecified atom stereocenters. The number of benzene rings is 2. The van der Waals surface area contributed by atoms with E-state index in [9.17, 15) is 9.90 Å². The van der Waals surface area contributed by atoms with Crippen molar-refractivity contribution in [2.75, 3.05) is 0 Å². The first-order valence-corrected chi connectivity index (χ1v) is 7.26. The molecule has 0 radical (unpaired) electrons. The van der Waals surface area contributed by atoms with Crippen LogP contribution in [-0.2, 0) is 6.61 Å². The number of carboxylic acids is 1. The van der Waals surface area contributed by atoms with Gasteiger partial charge in [0.15, 0.2) is 0 Å². The Bertz CT molecular complexity index is 744. The molecule has 2 aromatic carbocycles. The van der Waals surface area contributed by atoms with Gasteiger partial charge in [-0.1, -0.05) is 34.8 Å². The fourth-order valence-electron chi connectivity index (χ4n) is 1.90. The highest BCUT2D eigenvalue weighted by molar-refractivity contribution is 6.43. The van der Waals surface area contributed by atoms with E-state index in [2.05, 4.69) is 0 Å². The van der Waals surface area contributed by atoms with Crippen molar-refractivity contribution in [2.45, 2.75) is 13.5 Å². The SMILES string of the molecule is Cc1cc(COc2cc(Cl)c(Cl)cc2Cl)c(O)c(C(=O)O)c1. The van der Waals surface area contributed by atoms with Gasteiger partial charge >= 0.3 is 5.97 Å². The first kappa shape index (κ1) is 16.7. The maximum Gasteiger partial charge on any atom is 0.339 e. The smallest absolute Gasteiger partial charge is 0.339 e. The Balaban J connectivity index is 2.29. The fraction of sp³-hybridized carbons (Fsp3) is 0.133. The van der Waals surface area contributed by atoms with Crippen LogP contribution in [0.25, 0.3) is 0 Å². The Kier molecular flexibility index (Phi) is 5.06. The van der Waals surface area contributed by atoms with Gasteiger partial charge in [-0.15, -0.1) is 0 Å². The van der Waals surface area contributed by atoms with Crippen LogP contribution in [0, 0.1) is 6.92 Å². The van der Waals surface area contributed by atoms with Crippen molar-refractivity contribution in [3.63, 3.8) is 0 Å². The number of aryl methyl sites for hydroxylation is 1. The highest BCUT2D eigenvalue weighted by Gasteiger charge is 2.15. The van der Waals surface area contributed by atoms with Gasteiger partial charge in [-0.25, -0.2) is 4.79 Å². The van der Waals surface area contributed by atoms with Gasteiger partial charge in [-0.3, -0.25) is 0 Å². The molecule has 2 N–H and O–H groups in total. The number of hydrogen-bond donors (Lipinski definition) is 2. The molecular weight excluding hydrogens is 351 g/mol. The summed E-state index contributed by atoms with van der Waals surface area (Å²) in [5.74, 6) is -1.27. The molecule has 2 rings (SSSR count).